The van der Waals surface area contributed by atoms with Gasteiger partial charge in [0, 0.05) is 0 Å². The Hall–Kier alpha value is -2.25. The summed E-state index contributed by atoms with van der Waals surface area (Å²) in [5.74, 6) is -0.144. The van der Waals surface area contributed by atoms with Crippen LogP contribution in [0.1, 0.15) is 25.0 Å². The second-order valence-electron chi connectivity index (χ2n) is 4.58. The molecule has 1 aromatic carbocycles. The highest BCUT2D eigenvalue weighted by molar-refractivity contribution is 5.81. The van der Waals surface area contributed by atoms with E-state index in [0.29, 0.717) is 0 Å². The number of benzene rings is 1. The molecule has 0 saturated carbocycles. The number of guanidine groups is 1. The molecule has 2 N–H and O–H groups in total. The van der Waals surface area contributed by atoms with Crippen molar-refractivity contribution in [3.05, 3.63) is 29.3 Å². The van der Waals surface area contributed by atoms with Crippen molar-refractivity contribution < 1.29 is 18.0 Å². The van der Waals surface area contributed by atoms with Gasteiger partial charge in [-0.3, -0.25) is 0 Å². The Bertz CT molecular complexity index is 541. The molecule has 0 atom stereocenters. The first-order chi connectivity index (χ1) is 9.65. The zero-order chi connectivity index (χ0) is 16.2. The quantitative estimate of drug-likeness (QED) is 0.528. The van der Waals surface area contributed by atoms with E-state index in [-0.39, 0.29) is 23.3 Å². The summed E-state index contributed by atoms with van der Waals surface area (Å²) in [6.07, 6.45) is -4.45. The van der Waals surface area contributed by atoms with E-state index in [1.165, 1.54) is 19.1 Å². The van der Waals surface area contributed by atoms with Crippen LogP contribution >= 0.6 is 0 Å². The fourth-order valence-corrected chi connectivity index (χ4v) is 1.45. The minimum atomic E-state index is -4.45. The topological polar surface area (TPSA) is 63.2 Å². The lowest BCUT2D eigenvalue weighted by molar-refractivity contribution is -0.138. The van der Waals surface area contributed by atoms with E-state index in [9.17, 15) is 13.2 Å². The molecule has 0 fully saturated rings. The SMILES string of the molecule is C=N/C(N)=N\N(Oc1ccc(C)c(C(F)(F)F)c1)C(C)C. The third-order valence-electron chi connectivity index (χ3n) is 2.52. The fraction of sp³-hybridized carbons (Fsp3) is 0.385. The summed E-state index contributed by atoms with van der Waals surface area (Å²) < 4.78 is 38.5. The number of nitrogens with zero attached hydrogens (tertiary/aromatic N) is 3. The maximum Gasteiger partial charge on any atom is 0.416 e. The lowest BCUT2D eigenvalue weighted by Crippen LogP contribution is -2.31. The molecule has 8 heteroatoms. The van der Waals surface area contributed by atoms with Crippen molar-refractivity contribution in [1.29, 1.82) is 0 Å². The molecule has 0 spiro atoms. The Morgan fingerprint density at radius 2 is 2.00 bits per heavy atom. The molecule has 1 rings (SSSR count). The summed E-state index contributed by atoms with van der Waals surface area (Å²) in [6.45, 7) is 8.05. The van der Waals surface area contributed by atoms with Crippen LogP contribution in [0.2, 0.25) is 0 Å². The van der Waals surface area contributed by atoms with Gasteiger partial charge in [-0.25, -0.2) is 4.99 Å². The van der Waals surface area contributed by atoms with Crippen LogP contribution < -0.4 is 10.6 Å². The minimum absolute atomic E-state index is 0.00207. The first-order valence-corrected chi connectivity index (χ1v) is 6.11. The number of nitrogens with two attached hydrogens (primary N) is 1. The summed E-state index contributed by atoms with van der Waals surface area (Å²) in [7, 11) is 0. The van der Waals surface area contributed by atoms with E-state index in [2.05, 4.69) is 16.8 Å². The highest BCUT2D eigenvalue weighted by Crippen LogP contribution is 2.34. The van der Waals surface area contributed by atoms with E-state index >= 15 is 0 Å². The second-order valence-corrected chi connectivity index (χ2v) is 4.58. The van der Waals surface area contributed by atoms with Gasteiger partial charge in [-0.15, -0.1) is 10.3 Å². The van der Waals surface area contributed by atoms with Crippen LogP contribution in [-0.4, -0.2) is 23.9 Å². The molecule has 0 bridgehead atoms. The van der Waals surface area contributed by atoms with Gasteiger partial charge in [-0.2, -0.15) is 13.2 Å². The molecule has 0 heterocycles. The number of rotatable bonds is 4. The smallest absolute Gasteiger partial charge is 0.366 e. The van der Waals surface area contributed by atoms with Crippen LogP contribution in [-0.2, 0) is 6.18 Å². The third kappa shape index (κ3) is 4.66. The number of alkyl halides is 3. The van der Waals surface area contributed by atoms with Gasteiger partial charge in [0.2, 0.25) is 5.96 Å². The first kappa shape index (κ1) is 16.8. The van der Waals surface area contributed by atoms with Gasteiger partial charge in [0.25, 0.3) is 0 Å². The molecule has 0 saturated heterocycles. The Labute approximate surface area is 120 Å². The van der Waals surface area contributed by atoms with Crippen molar-refractivity contribution in [1.82, 2.24) is 5.17 Å². The molecule has 0 radical (unpaired) electrons. The zero-order valence-electron chi connectivity index (χ0n) is 12.0. The second kappa shape index (κ2) is 6.47. The molecule has 0 aliphatic rings. The first-order valence-electron chi connectivity index (χ1n) is 6.11. The fourth-order valence-electron chi connectivity index (χ4n) is 1.45. The highest BCUT2D eigenvalue weighted by atomic mass is 19.4. The van der Waals surface area contributed by atoms with Gasteiger partial charge in [-0.05, 0) is 45.2 Å². The van der Waals surface area contributed by atoms with Crippen LogP contribution in [0.4, 0.5) is 13.2 Å². The summed E-state index contributed by atoms with van der Waals surface area (Å²) in [6, 6.07) is 3.40. The van der Waals surface area contributed by atoms with E-state index in [1.807, 2.05) is 0 Å². The molecule has 116 valence electrons. The predicted octanol–water partition coefficient (Wildman–Crippen LogP) is 2.95. The van der Waals surface area contributed by atoms with E-state index < -0.39 is 11.7 Å². The largest absolute Gasteiger partial charge is 0.416 e. The van der Waals surface area contributed by atoms with Gasteiger partial charge in [-0.1, -0.05) is 6.07 Å². The maximum atomic E-state index is 12.8. The standard InChI is InChI=1S/C13H17F3N4O/c1-8(2)20(19-12(17)18-4)21-10-6-5-9(3)11(7-10)13(14,15)16/h5-8H,4H2,1-3H3,(H2,17,19). The predicted molar refractivity (Wildman–Crippen MR) is 75.0 cm³/mol. The lowest BCUT2D eigenvalue weighted by Gasteiger charge is -2.23. The molecule has 1 aromatic rings. The molecule has 0 amide bonds. The maximum absolute atomic E-state index is 12.8. The highest BCUT2D eigenvalue weighted by Gasteiger charge is 2.33. The van der Waals surface area contributed by atoms with Crippen LogP contribution in [0.5, 0.6) is 5.75 Å². The lowest BCUT2D eigenvalue weighted by atomic mass is 10.1. The average Bonchev–Trinajstić information content (AvgIpc) is 2.38. The molecule has 0 unspecified atom stereocenters. The third-order valence-corrected chi connectivity index (χ3v) is 2.52. The number of hydrazone groups is 1. The molecule has 21 heavy (non-hydrogen) atoms. The van der Waals surface area contributed by atoms with Crippen molar-refractivity contribution in [2.75, 3.05) is 0 Å². The van der Waals surface area contributed by atoms with Crippen molar-refractivity contribution in [3.63, 3.8) is 0 Å². The van der Waals surface area contributed by atoms with Gasteiger partial charge in [0.05, 0.1) is 11.6 Å². The minimum Gasteiger partial charge on any atom is -0.366 e. The van der Waals surface area contributed by atoms with Gasteiger partial charge in [0.15, 0.2) is 5.75 Å². The molecule has 0 aliphatic heterocycles. The summed E-state index contributed by atoms with van der Waals surface area (Å²) in [5, 5.41) is 4.86. The molecule has 0 aliphatic carbocycles. The van der Waals surface area contributed by atoms with Crippen LogP contribution in [0, 0.1) is 6.92 Å². The normalized spacial score (nSPS) is 12.4. The molecule has 0 aromatic heterocycles. The molecular formula is C13H17F3N4O. The van der Waals surface area contributed by atoms with Crippen molar-refractivity contribution >= 4 is 12.7 Å². The number of aliphatic imine (C=N–C) groups is 1. The van der Waals surface area contributed by atoms with Gasteiger partial charge in [0.1, 0.15) is 0 Å². The summed E-state index contributed by atoms with van der Waals surface area (Å²) >= 11 is 0. The van der Waals surface area contributed by atoms with Gasteiger partial charge >= 0.3 is 6.18 Å². The number of hydrogen-bond donors (Lipinski definition) is 1. The van der Waals surface area contributed by atoms with Crippen molar-refractivity contribution in [2.45, 2.75) is 33.0 Å². The number of hydroxylamine groups is 1. The van der Waals surface area contributed by atoms with Gasteiger partial charge < -0.3 is 10.6 Å². The van der Waals surface area contributed by atoms with Crippen LogP contribution in [0.25, 0.3) is 0 Å². The number of halogens is 3. The zero-order valence-corrected chi connectivity index (χ0v) is 12.0. The molecule has 5 nitrogen and oxygen atoms in total. The van der Waals surface area contributed by atoms with Crippen molar-refractivity contribution in [2.24, 2.45) is 15.8 Å². The summed E-state index contributed by atoms with van der Waals surface area (Å²) in [5.41, 5.74) is 4.76. The van der Waals surface area contributed by atoms with Crippen LogP contribution in [0.3, 0.4) is 0 Å². The Balaban J connectivity index is 3.08. The Morgan fingerprint density at radius 1 is 1.38 bits per heavy atom. The van der Waals surface area contributed by atoms with E-state index in [1.54, 1.807) is 13.8 Å². The van der Waals surface area contributed by atoms with Crippen LogP contribution in [0.15, 0.2) is 28.3 Å². The molecular weight excluding hydrogens is 285 g/mol. The number of hydrogen-bond acceptors (Lipinski definition) is 3. The monoisotopic (exact) mass is 302 g/mol. The Morgan fingerprint density at radius 3 is 2.48 bits per heavy atom. The van der Waals surface area contributed by atoms with E-state index in [4.69, 9.17) is 10.6 Å². The van der Waals surface area contributed by atoms with Crippen molar-refractivity contribution in [3.8, 4) is 5.75 Å². The number of aryl methyl sites for hydroxylation is 1. The average molecular weight is 302 g/mol. The van der Waals surface area contributed by atoms with E-state index in [0.717, 1.165) is 11.2 Å². The Kier molecular flexibility index (Phi) is 5.17. The summed E-state index contributed by atoms with van der Waals surface area (Å²) in [4.78, 5) is 8.72.